The Hall–Kier alpha value is -2.46. The normalized spacial score (nSPS) is 11.2. The summed E-state index contributed by atoms with van der Waals surface area (Å²) in [6, 6.07) is 9.19. The summed E-state index contributed by atoms with van der Waals surface area (Å²) in [5.74, 6) is 0.145. The summed E-state index contributed by atoms with van der Waals surface area (Å²) >= 11 is 6.37. The van der Waals surface area contributed by atoms with Crippen molar-refractivity contribution in [3.63, 3.8) is 0 Å². The lowest BCUT2D eigenvalue weighted by Gasteiger charge is -2.05. The molecule has 0 unspecified atom stereocenters. The van der Waals surface area contributed by atoms with Gasteiger partial charge in [-0.2, -0.15) is 0 Å². The summed E-state index contributed by atoms with van der Waals surface area (Å²) in [4.78, 5) is 10.8. The first-order valence-electron chi connectivity index (χ1n) is 8.62. The van der Waals surface area contributed by atoms with Crippen LogP contribution in [0.2, 0.25) is 5.02 Å². The van der Waals surface area contributed by atoms with Gasteiger partial charge in [0.05, 0.1) is 16.8 Å². The van der Waals surface area contributed by atoms with E-state index < -0.39 is 5.97 Å². The van der Waals surface area contributed by atoms with E-state index in [9.17, 15) is 9.90 Å². The summed E-state index contributed by atoms with van der Waals surface area (Å²) in [5, 5.41) is 20.6. The third-order valence-electron chi connectivity index (χ3n) is 4.57. The Morgan fingerprint density at radius 2 is 1.85 bits per heavy atom. The number of rotatable bonds is 6. The van der Waals surface area contributed by atoms with Crippen molar-refractivity contribution in [2.45, 2.75) is 39.5 Å². The summed E-state index contributed by atoms with van der Waals surface area (Å²) < 4.78 is 5.96. The highest BCUT2D eigenvalue weighted by Crippen LogP contribution is 2.40. The number of furan rings is 1. The first-order chi connectivity index (χ1) is 12.4. The van der Waals surface area contributed by atoms with E-state index in [1.165, 1.54) is 0 Å². The van der Waals surface area contributed by atoms with Crippen molar-refractivity contribution in [1.82, 2.24) is 0 Å². The summed E-state index contributed by atoms with van der Waals surface area (Å²) in [5.41, 5.74) is 3.99. The molecule has 1 heterocycles. The molecule has 0 aliphatic carbocycles. The Balaban J connectivity index is 1.96. The minimum atomic E-state index is -0.848. The van der Waals surface area contributed by atoms with Crippen LogP contribution in [0.5, 0.6) is 5.75 Å². The number of halogens is 1. The molecule has 0 saturated heterocycles. The molecule has 3 rings (SSSR count). The van der Waals surface area contributed by atoms with E-state index in [2.05, 4.69) is 6.92 Å². The number of hydrogen-bond donors (Lipinski definition) is 2. The molecule has 0 amide bonds. The van der Waals surface area contributed by atoms with Gasteiger partial charge in [-0.15, -0.1) is 0 Å². The van der Waals surface area contributed by atoms with Gasteiger partial charge < -0.3 is 14.6 Å². The van der Waals surface area contributed by atoms with Gasteiger partial charge in [-0.05, 0) is 36.1 Å². The molecule has 0 radical (unpaired) electrons. The van der Waals surface area contributed by atoms with Crippen LogP contribution in [0, 0.1) is 6.92 Å². The Morgan fingerprint density at radius 1 is 1.19 bits per heavy atom. The second kappa shape index (κ2) is 7.42. The van der Waals surface area contributed by atoms with Crippen LogP contribution >= 0.6 is 11.6 Å². The number of phenols is 1. The molecule has 0 spiro atoms. The van der Waals surface area contributed by atoms with Gasteiger partial charge in [0.2, 0.25) is 0 Å². The minimum absolute atomic E-state index is 0.00757. The third-order valence-corrected chi connectivity index (χ3v) is 4.85. The summed E-state index contributed by atoms with van der Waals surface area (Å²) in [6.45, 7) is 3.98. The highest BCUT2D eigenvalue weighted by molar-refractivity contribution is 6.35. The molecule has 0 bridgehead atoms. The van der Waals surface area contributed by atoms with E-state index in [-0.39, 0.29) is 12.2 Å². The number of aryl methyl sites for hydroxylation is 2. The second-order valence-electron chi connectivity index (χ2n) is 6.53. The standard InChI is InChI=1S/C21H21ClO4/c1-3-4-15-11-16(22)21-19(20(15)25)12(2)17(26-21)9-13-5-7-14(8-6-13)10-18(23)24/h5-8,11,25H,3-4,9-10H2,1-2H3,(H,23,24). The van der Waals surface area contributed by atoms with Gasteiger partial charge in [-0.25, -0.2) is 0 Å². The predicted octanol–water partition coefficient (Wildman–Crippen LogP) is 5.27. The molecule has 0 atom stereocenters. The zero-order valence-corrected chi connectivity index (χ0v) is 15.6. The quantitative estimate of drug-likeness (QED) is 0.618. The Bertz CT molecular complexity index is 955. The smallest absolute Gasteiger partial charge is 0.307 e. The third kappa shape index (κ3) is 3.56. The highest BCUT2D eigenvalue weighted by atomic mass is 35.5. The topological polar surface area (TPSA) is 70.7 Å². The minimum Gasteiger partial charge on any atom is -0.507 e. The van der Waals surface area contributed by atoms with Crippen molar-refractivity contribution < 1.29 is 19.4 Å². The predicted molar refractivity (Wildman–Crippen MR) is 102 cm³/mol. The van der Waals surface area contributed by atoms with Crippen molar-refractivity contribution in [2.24, 2.45) is 0 Å². The van der Waals surface area contributed by atoms with Gasteiger partial charge in [0.1, 0.15) is 11.5 Å². The Kier molecular flexibility index (Phi) is 5.23. The van der Waals surface area contributed by atoms with Crippen LogP contribution in [-0.4, -0.2) is 16.2 Å². The number of carbonyl (C=O) groups is 1. The molecule has 5 heteroatoms. The van der Waals surface area contributed by atoms with Crippen molar-refractivity contribution in [3.8, 4) is 5.75 Å². The van der Waals surface area contributed by atoms with Crippen LogP contribution in [-0.2, 0) is 24.1 Å². The van der Waals surface area contributed by atoms with Crippen LogP contribution < -0.4 is 0 Å². The van der Waals surface area contributed by atoms with Crippen molar-refractivity contribution in [2.75, 3.05) is 0 Å². The number of carboxylic acids is 1. The number of hydrogen-bond acceptors (Lipinski definition) is 3. The van der Waals surface area contributed by atoms with E-state index in [1.807, 2.05) is 31.2 Å². The molecule has 4 nitrogen and oxygen atoms in total. The fraction of sp³-hybridized carbons (Fsp3) is 0.286. The number of aliphatic carboxylic acids is 1. The Morgan fingerprint density at radius 3 is 2.46 bits per heavy atom. The molecule has 1 aromatic heterocycles. The molecule has 0 fully saturated rings. The second-order valence-corrected chi connectivity index (χ2v) is 6.94. The molecular formula is C21H21ClO4. The van der Waals surface area contributed by atoms with Gasteiger partial charge >= 0.3 is 5.97 Å². The average Bonchev–Trinajstić information content (AvgIpc) is 2.91. The fourth-order valence-corrected chi connectivity index (χ4v) is 3.49. The van der Waals surface area contributed by atoms with Crippen molar-refractivity contribution in [1.29, 1.82) is 0 Å². The fourth-order valence-electron chi connectivity index (χ4n) is 3.22. The molecule has 2 aromatic carbocycles. The molecule has 136 valence electrons. The lowest BCUT2D eigenvalue weighted by atomic mass is 10.0. The number of fused-ring (bicyclic) bond motifs is 1. The number of aromatic hydroxyl groups is 1. The summed E-state index contributed by atoms with van der Waals surface area (Å²) in [6.07, 6.45) is 2.23. The summed E-state index contributed by atoms with van der Waals surface area (Å²) in [7, 11) is 0. The monoisotopic (exact) mass is 372 g/mol. The van der Waals surface area contributed by atoms with Crippen LogP contribution in [0.3, 0.4) is 0 Å². The lowest BCUT2D eigenvalue weighted by molar-refractivity contribution is -0.136. The highest BCUT2D eigenvalue weighted by Gasteiger charge is 2.19. The van der Waals surface area contributed by atoms with Gasteiger partial charge in [0, 0.05) is 12.0 Å². The van der Waals surface area contributed by atoms with E-state index in [4.69, 9.17) is 21.1 Å². The van der Waals surface area contributed by atoms with E-state index in [0.717, 1.165) is 40.9 Å². The molecule has 3 aromatic rings. The first kappa shape index (κ1) is 18.3. The SMILES string of the molecule is CCCc1cc(Cl)c2oc(Cc3ccc(CC(=O)O)cc3)c(C)c2c1O. The zero-order valence-electron chi connectivity index (χ0n) is 14.8. The van der Waals surface area contributed by atoms with Gasteiger partial charge in [-0.3, -0.25) is 4.79 Å². The van der Waals surface area contributed by atoms with Crippen LogP contribution in [0.25, 0.3) is 11.0 Å². The Labute approximate surface area is 157 Å². The number of carboxylic acid groups (broad SMARTS) is 1. The zero-order chi connectivity index (χ0) is 18.8. The lowest BCUT2D eigenvalue weighted by Crippen LogP contribution is -2.00. The molecular weight excluding hydrogens is 352 g/mol. The molecule has 0 saturated carbocycles. The van der Waals surface area contributed by atoms with Gasteiger partial charge in [0.15, 0.2) is 5.58 Å². The largest absolute Gasteiger partial charge is 0.507 e. The van der Waals surface area contributed by atoms with Gasteiger partial charge in [-0.1, -0.05) is 49.2 Å². The molecule has 0 aliphatic heterocycles. The first-order valence-corrected chi connectivity index (χ1v) is 9.00. The average molecular weight is 373 g/mol. The van der Waals surface area contributed by atoms with Crippen LogP contribution in [0.4, 0.5) is 0 Å². The van der Waals surface area contributed by atoms with Crippen LogP contribution in [0.1, 0.15) is 41.4 Å². The van der Waals surface area contributed by atoms with E-state index in [0.29, 0.717) is 22.4 Å². The number of phenolic OH excluding ortho intramolecular Hbond substituents is 1. The number of benzene rings is 2. The molecule has 26 heavy (non-hydrogen) atoms. The maximum atomic E-state index is 10.8. The van der Waals surface area contributed by atoms with E-state index in [1.54, 1.807) is 6.07 Å². The maximum absolute atomic E-state index is 10.8. The van der Waals surface area contributed by atoms with Crippen molar-refractivity contribution in [3.05, 3.63) is 63.4 Å². The van der Waals surface area contributed by atoms with Crippen molar-refractivity contribution >= 4 is 28.5 Å². The maximum Gasteiger partial charge on any atom is 0.307 e. The van der Waals surface area contributed by atoms with Crippen LogP contribution in [0.15, 0.2) is 34.7 Å². The van der Waals surface area contributed by atoms with E-state index >= 15 is 0 Å². The molecule has 2 N–H and O–H groups in total. The van der Waals surface area contributed by atoms with Gasteiger partial charge in [0.25, 0.3) is 0 Å². The molecule has 0 aliphatic rings.